The third kappa shape index (κ3) is 4.32. The first kappa shape index (κ1) is 14.5. The molecule has 2 rings (SSSR count). The molecule has 0 fully saturated rings. The van der Waals surface area contributed by atoms with Crippen molar-refractivity contribution in [3.63, 3.8) is 0 Å². The molecule has 4 heteroatoms. The van der Waals surface area contributed by atoms with Crippen molar-refractivity contribution in [2.24, 2.45) is 11.8 Å². The molecule has 3 nitrogen and oxygen atoms in total. The summed E-state index contributed by atoms with van der Waals surface area (Å²) in [5, 5.41) is 5.64. The summed E-state index contributed by atoms with van der Waals surface area (Å²) in [5.41, 5.74) is 1.23. The van der Waals surface area contributed by atoms with E-state index in [1.807, 2.05) is 0 Å². The minimum Gasteiger partial charge on any atom is -0.316 e. The summed E-state index contributed by atoms with van der Waals surface area (Å²) < 4.78 is 2.13. The van der Waals surface area contributed by atoms with Crippen LogP contribution in [0.1, 0.15) is 39.3 Å². The van der Waals surface area contributed by atoms with Gasteiger partial charge in [-0.2, -0.15) is 0 Å². The third-order valence-electron chi connectivity index (χ3n) is 3.31. The van der Waals surface area contributed by atoms with Gasteiger partial charge in [-0.25, -0.2) is 4.98 Å². The lowest BCUT2D eigenvalue weighted by molar-refractivity contribution is 0.383. The molecule has 0 aliphatic rings. The third-order valence-corrected chi connectivity index (χ3v) is 4.08. The Balaban J connectivity index is 1.95. The fraction of sp³-hybridized carbons (Fsp3) is 0.667. The molecular formula is C15H25N3S. The van der Waals surface area contributed by atoms with Crippen molar-refractivity contribution in [1.29, 1.82) is 0 Å². The second-order valence-corrected chi connectivity index (χ2v) is 6.60. The Morgan fingerprint density at radius 2 is 2.26 bits per heavy atom. The largest absolute Gasteiger partial charge is 0.316 e. The van der Waals surface area contributed by atoms with Gasteiger partial charge in [-0.3, -0.25) is 4.40 Å². The Morgan fingerprint density at radius 1 is 1.42 bits per heavy atom. The summed E-state index contributed by atoms with van der Waals surface area (Å²) >= 11 is 1.71. The Morgan fingerprint density at radius 3 is 2.95 bits per heavy atom. The molecule has 1 N–H and O–H groups in total. The van der Waals surface area contributed by atoms with Crippen LogP contribution in [0.3, 0.4) is 0 Å². The van der Waals surface area contributed by atoms with Gasteiger partial charge in [-0.05, 0) is 44.2 Å². The molecule has 0 amide bonds. The zero-order valence-corrected chi connectivity index (χ0v) is 13.0. The van der Waals surface area contributed by atoms with E-state index in [0.29, 0.717) is 5.92 Å². The first-order chi connectivity index (χ1) is 9.19. The molecule has 0 aliphatic heterocycles. The topological polar surface area (TPSA) is 29.3 Å². The van der Waals surface area contributed by atoms with E-state index in [0.717, 1.165) is 30.4 Å². The standard InChI is InChI=1S/C15H25N3S/c1-4-5-16-10-13(8-12(2)3)9-14-11-18-6-7-19-15(18)17-14/h6-7,11-13,16H,4-5,8-10H2,1-3H3. The van der Waals surface area contributed by atoms with E-state index in [2.05, 4.69) is 48.3 Å². The number of thiazole rings is 1. The normalized spacial score (nSPS) is 13.5. The van der Waals surface area contributed by atoms with Crippen LogP contribution in [-0.4, -0.2) is 22.5 Å². The van der Waals surface area contributed by atoms with Crippen LogP contribution >= 0.6 is 11.3 Å². The fourth-order valence-electron chi connectivity index (χ4n) is 2.56. The second-order valence-electron chi connectivity index (χ2n) is 5.73. The SMILES string of the molecule is CCCNCC(Cc1cn2ccsc2n1)CC(C)C. The van der Waals surface area contributed by atoms with Crippen molar-refractivity contribution >= 4 is 16.3 Å². The van der Waals surface area contributed by atoms with Crippen molar-refractivity contribution in [3.05, 3.63) is 23.5 Å². The Hall–Kier alpha value is -0.870. The number of hydrogen-bond donors (Lipinski definition) is 1. The van der Waals surface area contributed by atoms with Gasteiger partial charge in [0.15, 0.2) is 4.96 Å². The van der Waals surface area contributed by atoms with Crippen LogP contribution in [0.4, 0.5) is 0 Å². The summed E-state index contributed by atoms with van der Waals surface area (Å²) in [5.74, 6) is 1.44. The molecule has 0 bridgehead atoms. The van der Waals surface area contributed by atoms with E-state index in [4.69, 9.17) is 4.98 Å². The molecule has 2 aromatic heterocycles. The lowest BCUT2D eigenvalue weighted by Gasteiger charge is -2.18. The second kappa shape index (κ2) is 7.06. The van der Waals surface area contributed by atoms with Gasteiger partial charge in [0.2, 0.25) is 0 Å². The maximum Gasteiger partial charge on any atom is 0.193 e. The van der Waals surface area contributed by atoms with Gasteiger partial charge >= 0.3 is 0 Å². The molecular weight excluding hydrogens is 254 g/mol. The molecule has 0 aliphatic carbocycles. The lowest BCUT2D eigenvalue weighted by atomic mass is 9.93. The van der Waals surface area contributed by atoms with Crippen LogP contribution < -0.4 is 5.32 Å². The predicted octanol–water partition coefficient (Wildman–Crippen LogP) is 3.60. The summed E-state index contributed by atoms with van der Waals surface area (Å²) in [6.07, 6.45) is 7.82. The minimum atomic E-state index is 0.691. The van der Waals surface area contributed by atoms with Gasteiger partial charge in [0.1, 0.15) is 0 Å². The van der Waals surface area contributed by atoms with Crippen molar-refractivity contribution < 1.29 is 0 Å². The number of hydrogen-bond acceptors (Lipinski definition) is 3. The average Bonchev–Trinajstić information content (AvgIpc) is 2.88. The van der Waals surface area contributed by atoms with Crippen LogP contribution in [0.15, 0.2) is 17.8 Å². The average molecular weight is 279 g/mol. The molecule has 2 aromatic rings. The zero-order valence-electron chi connectivity index (χ0n) is 12.2. The van der Waals surface area contributed by atoms with Gasteiger partial charge < -0.3 is 5.32 Å². The highest BCUT2D eigenvalue weighted by atomic mass is 32.1. The first-order valence-corrected chi connectivity index (χ1v) is 8.18. The Bertz CT molecular complexity index is 458. The van der Waals surface area contributed by atoms with E-state index in [1.165, 1.54) is 18.5 Å². The van der Waals surface area contributed by atoms with Gasteiger partial charge in [-0.15, -0.1) is 11.3 Å². The number of nitrogens with one attached hydrogen (secondary N) is 1. The van der Waals surface area contributed by atoms with E-state index < -0.39 is 0 Å². The Labute approximate surface area is 120 Å². The molecule has 106 valence electrons. The highest BCUT2D eigenvalue weighted by Crippen LogP contribution is 2.18. The molecule has 19 heavy (non-hydrogen) atoms. The van der Waals surface area contributed by atoms with Crippen molar-refractivity contribution in [2.75, 3.05) is 13.1 Å². The molecule has 0 spiro atoms. The van der Waals surface area contributed by atoms with Crippen LogP contribution in [0.2, 0.25) is 0 Å². The van der Waals surface area contributed by atoms with E-state index in [1.54, 1.807) is 11.3 Å². The molecule has 1 atom stereocenters. The van der Waals surface area contributed by atoms with E-state index in [-0.39, 0.29) is 0 Å². The number of aromatic nitrogens is 2. The maximum atomic E-state index is 4.70. The summed E-state index contributed by atoms with van der Waals surface area (Å²) in [6.45, 7) is 9.05. The highest BCUT2D eigenvalue weighted by molar-refractivity contribution is 7.15. The molecule has 0 aromatic carbocycles. The molecule has 1 unspecified atom stereocenters. The summed E-state index contributed by atoms with van der Waals surface area (Å²) in [4.78, 5) is 5.81. The maximum absolute atomic E-state index is 4.70. The Kier molecular flexibility index (Phi) is 5.40. The van der Waals surface area contributed by atoms with Crippen LogP contribution in [-0.2, 0) is 6.42 Å². The molecule has 0 radical (unpaired) electrons. The lowest BCUT2D eigenvalue weighted by Crippen LogP contribution is -2.26. The van der Waals surface area contributed by atoms with Crippen molar-refractivity contribution in [3.8, 4) is 0 Å². The number of fused-ring (bicyclic) bond motifs is 1. The minimum absolute atomic E-state index is 0.691. The van der Waals surface area contributed by atoms with Gasteiger partial charge in [0, 0.05) is 17.8 Å². The smallest absolute Gasteiger partial charge is 0.193 e. The van der Waals surface area contributed by atoms with Crippen LogP contribution in [0.5, 0.6) is 0 Å². The first-order valence-electron chi connectivity index (χ1n) is 7.30. The van der Waals surface area contributed by atoms with Crippen LogP contribution in [0, 0.1) is 11.8 Å². The van der Waals surface area contributed by atoms with Crippen LogP contribution in [0.25, 0.3) is 4.96 Å². The number of imidazole rings is 1. The quantitative estimate of drug-likeness (QED) is 0.748. The molecule has 0 saturated heterocycles. The fourth-order valence-corrected chi connectivity index (χ4v) is 3.28. The monoisotopic (exact) mass is 279 g/mol. The highest BCUT2D eigenvalue weighted by Gasteiger charge is 2.14. The van der Waals surface area contributed by atoms with Gasteiger partial charge in [0.25, 0.3) is 0 Å². The molecule has 0 saturated carbocycles. The molecule has 2 heterocycles. The van der Waals surface area contributed by atoms with Crippen molar-refractivity contribution in [2.45, 2.75) is 40.0 Å². The number of nitrogens with zero attached hydrogens (tertiary/aromatic N) is 2. The summed E-state index contributed by atoms with van der Waals surface area (Å²) in [7, 11) is 0. The van der Waals surface area contributed by atoms with Gasteiger partial charge in [-0.1, -0.05) is 20.8 Å². The summed E-state index contributed by atoms with van der Waals surface area (Å²) in [6, 6.07) is 0. The predicted molar refractivity (Wildman–Crippen MR) is 82.9 cm³/mol. The number of rotatable bonds is 8. The van der Waals surface area contributed by atoms with Crippen molar-refractivity contribution in [1.82, 2.24) is 14.7 Å². The van der Waals surface area contributed by atoms with Gasteiger partial charge in [0.05, 0.1) is 5.69 Å². The van der Waals surface area contributed by atoms with E-state index in [9.17, 15) is 0 Å². The van der Waals surface area contributed by atoms with E-state index >= 15 is 0 Å². The zero-order chi connectivity index (χ0) is 13.7.